The van der Waals surface area contributed by atoms with E-state index in [1.54, 1.807) is 12.4 Å². The molecule has 256 valence electrons. The standard InChI is InChI=1S/C41H45N7O2/c1-4-7-33(24-28(3)29-8-9-29)38-35-25-34(14-15-36(35)45-46-38)44-40(50)41(5-2)18-23-47(27-41)26-37(49)48-21-16-31(17-22-48)30-10-12-32(13-11-30)39-42-19-6-20-43-39/h4,6-7,10-16,19-21,24-25,29,31H,3,5,8-9,17-18,22-23,26-27H2,1-2H3,(H,44,50)(H,45,46)/b7-4-,33-24+/t31?,41-/m1/s1. The third-order valence-electron chi connectivity index (χ3n) is 10.5. The van der Waals surface area contributed by atoms with Crippen molar-refractivity contribution >= 4 is 34.0 Å². The summed E-state index contributed by atoms with van der Waals surface area (Å²) in [5.41, 5.74) is 6.27. The highest BCUT2D eigenvalue weighted by Crippen LogP contribution is 2.39. The number of allylic oxidation sites excluding steroid dienone is 6. The van der Waals surface area contributed by atoms with Gasteiger partial charge in [-0.2, -0.15) is 5.10 Å². The van der Waals surface area contributed by atoms with Crippen LogP contribution in [-0.4, -0.2) is 68.0 Å². The highest BCUT2D eigenvalue weighted by atomic mass is 16.2. The van der Waals surface area contributed by atoms with Crippen LogP contribution in [0.1, 0.15) is 63.1 Å². The first-order valence-corrected chi connectivity index (χ1v) is 17.8. The Labute approximate surface area is 293 Å². The maximum atomic E-state index is 13.9. The molecule has 9 heteroatoms. The third-order valence-corrected chi connectivity index (χ3v) is 10.5. The summed E-state index contributed by atoms with van der Waals surface area (Å²) in [5, 5.41) is 12.0. The molecule has 1 saturated carbocycles. The Balaban J connectivity index is 0.968. The van der Waals surface area contributed by atoms with Gasteiger partial charge in [-0.15, -0.1) is 0 Å². The molecule has 2 aromatic heterocycles. The van der Waals surface area contributed by atoms with Gasteiger partial charge in [0.2, 0.25) is 11.8 Å². The van der Waals surface area contributed by atoms with Crippen molar-refractivity contribution in [3.8, 4) is 11.4 Å². The van der Waals surface area contributed by atoms with E-state index < -0.39 is 5.41 Å². The average molecular weight is 668 g/mol. The minimum Gasteiger partial charge on any atom is -0.326 e. The van der Waals surface area contributed by atoms with Crippen molar-refractivity contribution in [2.24, 2.45) is 11.3 Å². The molecule has 2 N–H and O–H groups in total. The highest BCUT2D eigenvalue weighted by molar-refractivity contribution is 6.00. The molecule has 0 spiro atoms. The van der Waals surface area contributed by atoms with Crippen LogP contribution in [0.25, 0.3) is 27.9 Å². The van der Waals surface area contributed by atoms with E-state index in [9.17, 15) is 9.59 Å². The van der Waals surface area contributed by atoms with Gasteiger partial charge in [-0.25, -0.2) is 9.97 Å². The third kappa shape index (κ3) is 7.09. The van der Waals surface area contributed by atoms with Crippen LogP contribution < -0.4 is 5.32 Å². The Morgan fingerprint density at radius 3 is 2.58 bits per heavy atom. The Bertz CT molecular complexity index is 1970. The number of nitrogens with one attached hydrogen (secondary N) is 2. The van der Waals surface area contributed by atoms with Crippen molar-refractivity contribution in [1.82, 2.24) is 30.0 Å². The van der Waals surface area contributed by atoms with E-state index in [0.29, 0.717) is 50.8 Å². The highest BCUT2D eigenvalue weighted by Gasteiger charge is 2.43. The molecule has 2 aliphatic heterocycles. The van der Waals surface area contributed by atoms with E-state index in [1.807, 2.05) is 48.4 Å². The first-order chi connectivity index (χ1) is 24.4. The second-order valence-electron chi connectivity index (χ2n) is 13.8. The number of nitrogens with zero attached hydrogens (tertiary/aromatic N) is 5. The number of hydrogen-bond acceptors (Lipinski definition) is 6. The maximum Gasteiger partial charge on any atom is 0.240 e. The Morgan fingerprint density at radius 1 is 1.08 bits per heavy atom. The summed E-state index contributed by atoms with van der Waals surface area (Å²) in [6.07, 6.45) is 18.4. The number of amides is 2. The number of rotatable bonds is 11. The molecule has 2 atom stereocenters. The van der Waals surface area contributed by atoms with Crippen molar-refractivity contribution in [2.75, 3.05) is 31.5 Å². The van der Waals surface area contributed by atoms with E-state index in [0.717, 1.165) is 45.4 Å². The first-order valence-electron chi connectivity index (χ1n) is 17.8. The number of aromatic amines is 1. The van der Waals surface area contributed by atoms with Gasteiger partial charge in [-0.3, -0.25) is 19.6 Å². The monoisotopic (exact) mass is 667 g/mol. The first kappa shape index (κ1) is 33.4. The minimum absolute atomic E-state index is 0.00349. The summed E-state index contributed by atoms with van der Waals surface area (Å²) in [4.78, 5) is 39.9. The zero-order chi connectivity index (χ0) is 34.7. The Morgan fingerprint density at radius 2 is 1.88 bits per heavy atom. The number of likely N-dealkylation sites (tertiary alicyclic amines) is 1. The SMILES string of the molecule is C=C(/C=C(\C=C/C)c1n[nH]c2ccc(NC(=O)[C@]3(CC)CCN(CC(=O)N4C=CC(c5ccc(-c6ncccn6)cc5)CC4)C3)cc12)C1CC1. The van der Waals surface area contributed by atoms with Crippen molar-refractivity contribution in [1.29, 1.82) is 0 Å². The van der Waals surface area contributed by atoms with Gasteiger partial charge in [0.25, 0.3) is 0 Å². The molecule has 4 aromatic rings. The lowest BCUT2D eigenvalue weighted by molar-refractivity contribution is -0.131. The van der Waals surface area contributed by atoms with Gasteiger partial charge in [-0.05, 0) is 87.4 Å². The number of hydrogen-bond donors (Lipinski definition) is 2. The molecule has 1 saturated heterocycles. The summed E-state index contributed by atoms with van der Waals surface area (Å²) in [5.74, 6) is 1.59. The molecule has 0 bridgehead atoms. The predicted octanol–water partition coefficient (Wildman–Crippen LogP) is 7.52. The maximum absolute atomic E-state index is 13.9. The van der Waals surface area contributed by atoms with Crippen molar-refractivity contribution < 1.29 is 9.59 Å². The molecule has 50 heavy (non-hydrogen) atoms. The quantitative estimate of drug-likeness (QED) is 0.160. The van der Waals surface area contributed by atoms with Gasteiger partial charge in [0.05, 0.1) is 23.2 Å². The number of H-pyrrole nitrogens is 1. The Kier molecular flexibility index (Phi) is 9.59. The van der Waals surface area contributed by atoms with Gasteiger partial charge in [0.15, 0.2) is 5.82 Å². The van der Waals surface area contributed by atoms with E-state index in [1.165, 1.54) is 18.4 Å². The second-order valence-corrected chi connectivity index (χ2v) is 13.8. The molecule has 1 aliphatic carbocycles. The van der Waals surface area contributed by atoms with Gasteiger partial charge < -0.3 is 10.2 Å². The second kappa shape index (κ2) is 14.4. The van der Waals surface area contributed by atoms with Crippen LogP contribution in [0.2, 0.25) is 0 Å². The summed E-state index contributed by atoms with van der Waals surface area (Å²) in [7, 11) is 0. The van der Waals surface area contributed by atoms with Crippen molar-refractivity contribution in [2.45, 2.75) is 51.9 Å². The van der Waals surface area contributed by atoms with Crippen LogP contribution in [0.4, 0.5) is 5.69 Å². The van der Waals surface area contributed by atoms with Gasteiger partial charge in [0.1, 0.15) is 0 Å². The van der Waals surface area contributed by atoms with E-state index in [2.05, 4.69) is 86.4 Å². The predicted molar refractivity (Wildman–Crippen MR) is 199 cm³/mol. The zero-order valence-electron chi connectivity index (χ0n) is 28.9. The molecule has 7 rings (SSSR count). The largest absolute Gasteiger partial charge is 0.326 e. The number of aromatic nitrogens is 4. The summed E-state index contributed by atoms with van der Waals surface area (Å²) in [6, 6.07) is 16.1. The van der Waals surface area contributed by atoms with Crippen molar-refractivity contribution in [3.05, 3.63) is 115 Å². The Hall–Kier alpha value is -5.15. The fraction of sp³-hybridized carbons (Fsp3) is 0.341. The molecular formula is C41H45N7O2. The summed E-state index contributed by atoms with van der Waals surface area (Å²) < 4.78 is 0. The van der Waals surface area contributed by atoms with E-state index in [-0.39, 0.29) is 17.7 Å². The van der Waals surface area contributed by atoms with Gasteiger partial charge in [-0.1, -0.05) is 61.6 Å². The number of anilines is 1. The minimum atomic E-state index is -0.563. The zero-order valence-corrected chi connectivity index (χ0v) is 28.9. The summed E-state index contributed by atoms with van der Waals surface area (Å²) >= 11 is 0. The van der Waals surface area contributed by atoms with Crippen LogP contribution in [0.3, 0.4) is 0 Å². The van der Waals surface area contributed by atoms with Crippen LogP contribution in [-0.2, 0) is 9.59 Å². The van der Waals surface area contributed by atoms with Crippen LogP contribution >= 0.6 is 0 Å². The number of carbonyl (C=O) groups excluding carboxylic acids is 2. The van der Waals surface area contributed by atoms with Gasteiger partial charge in [0, 0.05) is 59.8 Å². The van der Waals surface area contributed by atoms with Crippen LogP contribution in [0.5, 0.6) is 0 Å². The normalized spacial score (nSPS) is 21.3. The lowest BCUT2D eigenvalue weighted by atomic mass is 9.83. The van der Waals surface area contributed by atoms with E-state index in [4.69, 9.17) is 0 Å². The molecule has 3 aliphatic rings. The van der Waals surface area contributed by atoms with E-state index >= 15 is 0 Å². The average Bonchev–Trinajstić information content (AvgIpc) is 3.80. The lowest BCUT2D eigenvalue weighted by Gasteiger charge is -2.29. The number of fused-ring (bicyclic) bond motifs is 1. The molecule has 2 amide bonds. The topological polar surface area (TPSA) is 107 Å². The molecule has 0 radical (unpaired) electrons. The molecule has 4 heterocycles. The summed E-state index contributed by atoms with van der Waals surface area (Å²) in [6.45, 7) is 10.6. The smallest absolute Gasteiger partial charge is 0.240 e. The molecular weight excluding hydrogens is 622 g/mol. The fourth-order valence-corrected chi connectivity index (χ4v) is 7.20. The fourth-order valence-electron chi connectivity index (χ4n) is 7.20. The van der Waals surface area contributed by atoms with Gasteiger partial charge >= 0.3 is 0 Å². The molecule has 2 fully saturated rings. The van der Waals surface area contributed by atoms with Crippen LogP contribution in [0, 0.1) is 11.3 Å². The molecule has 1 unspecified atom stereocenters. The van der Waals surface area contributed by atoms with Crippen molar-refractivity contribution in [3.63, 3.8) is 0 Å². The van der Waals surface area contributed by atoms with Crippen LogP contribution in [0.15, 0.2) is 104 Å². The lowest BCUT2D eigenvalue weighted by Crippen LogP contribution is -2.42. The number of benzene rings is 2. The molecule has 2 aromatic carbocycles. The number of carbonyl (C=O) groups is 2. The molecule has 9 nitrogen and oxygen atoms in total.